The minimum absolute atomic E-state index is 0.660. The van der Waals surface area contributed by atoms with E-state index < -0.39 is 0 Å². The molecule has 0 unspecified atom stereocenters. The first-order chi connectivity index (χ1) is 25.2. The quantitative estimate of drug-likeness (QED) is 0.153. The van der Waals surface area contributed by atoms with Gasteiger partial charge in [0.05, 0.1) is 23.0 Å². The number of benzene rings is 5. The van der Waals surface area contributed by atoms with Crippen LogP contribution in [0.5, 0.6) is 0 Å². The van der Waals surface area contributed by atoms with Gasteiger partial charge in [0.15, 0.2) is 0 Å². The second-order valence-corrected chi connectivity index (χ2v) is 12.5. The molecular formula is C48H39N3. The summed E-state index contributed by atoms with van der Waals surface area (Å²) >= 11 is 0. The van der Waals surface area contributed by atoms with Gasteiger partial charge in [-0.05, 0) is 113 Å². The lowest BCUT2D eigenvalue weighted by Crippen LogP contribution is -2.21. The van der Waals surface area contributed by atoms with Crippen LogP contribution in [-0.4, -0.2) is 0 Å². The van der Waals surface area contributed by atoms with Gasteiger partial charge in [-0.1, -0.05) is 115 Å². The summed E-state index contributed by atoms with van der Waals surface area (Å²) in [6.07, 6.45) is 23.3. The lowest BCUT2D eigenvalue weighted by molar-refractivity contribution is 1.03. The van der Waals surface area contributed by atoms with Crippen LogP contribution in [0.1, 0.15) is 42.0 Å². The molecule has 51 heavy (non-hydrogen) atoms. The summed E-state index contributed by atoms with van der Waals surface area (Å²) in [7, 11) is 0. The standard InChI is InChI=1S/C48H39N3/c1-3-12-40-16-11-20-43(50(46(40)13-4-2)45-31-29-39(30-32-45)38-25-22-37(35-49)23-26-38)19-10-14-36-24-33-48-42(34-36)28-27-41-15-8-9-21-47(41)51(48)44-17-6-5-7-18-44/h3-11,13-19,21-34H,1,12,20H2,2H3/b13-4-,14-10+,43-19+. The summed E-state index contributed by atoms with van der Waals surface area (Å²) in [4.78, 5) is 4.71. The number of rotatable bonds is 8. The summed E-state index contributed by atoms with van der Waals surface area (Å²) in [5.74, 6) is 0. The number of fused-ring (bicyclic) bond motifs is 2. The molecule has 2 aliphatic rings. The molecular weight excluding hydrogens is 619 g/mol. The lowest BCUT2D eigenvalue weighted by atomic mass is 10.0. The molecule has 7 rings (SSSR count). The minimum Gasteiger partial charge on any atom is -0.314 e. The number of nitriles is 1. The van der Waals surface area contributed by atoms with Crippen LogP contribution >= 0.6 is 0 Å². The molecule has 0 fully saturated rings. The zero-order valence-corrected chi connectivity index (χ0v) is 28.8. The molecule has 3 heteroatoms. The highest BCUT2D eigenvalue weighted by Crippen LogP contribution is 2.42. The Balaban J connectivity index is 1.24. The highest BCUT2D eigenvalue weighted by molar-refractivity contribution is 5.93. The highest BCUT2D eigenvalue weighted by atomic mass is 15.2. The number of nitrogens with zero attached hydrogens (tertiary/aromatic N) is 3. The smallest absolute Gasteiger partial charge is 0.0991 e. The molecule has 5 aromatic carbocycles. The Morgan fingerprint density at radius 2 is 1.39 bits per heavy atom. The van der Waals surface area contributed by atoms with E-state index in [0.29, 0.717) is 5.56 Å². The van der Waals surface area contributed by atoms with Crippen LogP contribution in [-0.2, 0) is 0 Å². The van der Waals surface area contributed by atoms with Gasteiger partial charge in [-0.3, -0.25) is 0 Å². The molecule has 0 saturated heterocycles. The molecule has 0 aromatic heterocycles. The Morgan fingerprint density at radius 3 is 2.14 bits per heavy atom. The molecule has 0 spiro atoms. The number of hydrogen-bond donors (Lipinski definition) is 0. The first-order valence-corrected chi connectivity index (χ1v) is 17.3. The topological polar surface area (TPSA) is 30.3 Å². The van der Waals surface area contributed by atoms with Crippen LogP contribution in [0.25, 0.3) is 29.4 Å². The fourth-order valence-electron chi connectivity index (χ4n) is 6.73. The monoisotopic (exact) mass is 657 g/mol. The van der Waals surface area contributed by atoms with Crippen molar-refractivity contribution in [3.63, 3.8) is 0 Å². The average Bonchev–Trinajstić information content (AvgIpc) is 3.45. The van der Waals surface area contributed by atoms with Crippen LogP contribution in [0.3, 0.4) is 0 Å². The van der Waals surface area contributed by atoms with Gasteiger partial charge in [-0.2, -0.15) is 5.26 Å². The van der Waals surface area contributed by atoms with E-state index in [1.807, 2.05) is 30.3 Å². The summed E-state index contributed by atoms with van der Waals surface area (Å²) in [5, 5.41) is 9.23. The van der Waals surface area contributed by atoms with Crippen LogP contribution in [0.4, 0.5) is 22.7 Å². The molecule has 5 aromatic rings. The molecule has 0 saturated carbocycles. The van der Waals surface area contributed by atoms with E-state index >= 15 is 0 Å². The lowest BCUT2D eigenvalue weighted by Gasteiger charge is -2.29. The number of allylic oxidation sites excluding steroid dienone is 8. The van der Waals surface area contributed by atoms with Crippen LogP contribution in [0.2, 0.25) is 0 Å². The van der Waals surface area contributed by atoms with Crippen molar-refractivity contribution in [2.75, 3.05) is 9.80 Å². The van der Waals surface area contributed by atoms with Crippen LogP contribution < -0.4 is 9.80 Å². The van der Waals surface area contributed by atoms with Crippen LogP contribution in [0, 0.1) is 11.3 Å². The zero-order chi connectivity index (χ0) is 35.0. The van der Waals surface area contributed by atoms with Gasteiger partial charge in [-0.25, -0.2) is 0 Å². The first-order valence-electron chi connectivity index (χ1n) is 17.3. The van der Waals surface area contributed by atoms with Crippen molar-refractivity contribution in [2.24, 2.45) is 0 Å². The van der Waals surface area contributed by atoms with Crippen molar-refractivity contribution in [3.8, 4) is 17.2 Å². The number of anilines is 4. The molecule has 2 heterocycles. The molecule has 246 valence electrons. The number of hydrogen-bond acceptors (Lipinski definition) is 3. The Morgan fingerprint density at radius 1 is 0.706 bits per heavy atom. The van der Waals surface area contributed by atoms with Gasteiger partial charge in [0.25, 0.3) is 0 Å². The van der Waals surface area contributed by atoms with Crippen molar-refractivity contribution >= 4 is 41.0 Å². The molecule has 2 aliphatic heterocycles. The predicted molar refractivity (Wildman–Crippen MR) is 217 cm³/mol. The Bertz CT molecular complexity index is 2270. The van der Waals surface area contributed by atoms with E-state index in [2.05, 4.69) is 181 Å². The van der Waals surface area contributed by atoms with Gasteiger partial charge < -0.3 is 9.80 Å². The van der Waals surface area contributed by atoms with E-state index in [1.165, 1.54) is 28.1 Å². The van der Waals surface area contributed by atoms with Gasteiger partial charge in [0.1, 0.15) is 0 Å². The van der Waals surface area contributed by atoms with Crippen LogP contribution in [0.15, 0.2) is 187 Å². The Hall–Kier alpha value is -6.63. The third-order valence-electron chi connectivity index (χ3n) is 9.17. The molecule has 0 amide bonds. The average molecular weight is 658 g/mol. The molecule has 3 nitrogen and oxygen atoms in total. The maximum Gasteiger partial charge on any atom is 0.0991 e. The summed E-state index contributed by atoms with van der Waals surface area (Å²) in [6, 6.07) is 44.4. The van der Waals surface area contributed by atoms with E-state index in [-0.39, 0.29) is 0 Å². The third kappa shape index (κ3) is 7.08. The predicted octanol–water partition coefficient (Wildman–Crippen LogP) is 12.9. The molecule has 0 N–H and O–H groups in total. The minimum atomic E-state index is 0.660. The summed E-state index contributed by atoms with van der Waals surface area (Å²) < 4.78 is 0. The highest BCUT2D eigenvalue weighted by Gasteiger charge is 2.21. The summed E-state index contributed by atoms with van der Waals surface area (Å²) in [5.41, 5.74) is 14.4. The van der Waals surface area contributed by atoms with Gasteiger partial charge in [0, 0.05) is 29.2 Å². The van der Waals surface area contributed by atoms with E-state index in [0.717, 1.165) is 52.3 Å². The second-order valence-electron chi connectivity index (χ2n) is 12.5. The number of para-hydroxylation sites is 2. The van der Waals surface area contributed by atoms with E-state index in [9.17, 15) is 5.26 Å². The van der Waals surface area contributed by atoms with Gasteiger partial charge in [0.2, 0.25) is 0 Å². The normalized spacial score (nSPS) is 14.8. The molecule has 0 radical (unpaired) electrons. The second kappa shape index (κ2) is 15.3. The fourth-order valence-corrected chi connectivity index (χ4v) is 6.73. The Kier molecular flexibility index (Phi) is 9.86. The fraction of sp³-hybridized carbons (Fsp3) is 0.0625. The van der Waals surface area contributed by atoms with Crippen molar-refractivity contribution in [2.45, 2.75) is 19.8 Å². The van der Waals surface area contributed by atoms with Gasteiger partial charge in [-0.15, -0.1) is 6.58 Å². The molecule has 0 atom stereocenters. The zero-order valence-electron chi connectivity index (χ0n) is 28.8. The maximum atomic E-state index is 9.23. The third-order valence-corrected chi connectivity index (χ3v) is 9.17. The molecule has 0 aliphatic carbocycles. The molecule has 0 bridgehead atoms. The van der Waals surface area contributed by atoms with E-state index in [1.54, 1.807) is 0 Å². The van der Waals surface area contributed by atoms with Crippen molar-refractivity contribution < 1.29 is 0 Å². The first kappa shape index (κ1) is 32.9. The van der Waals surface area contributed by atoms with Gasteiger partial charge >= 0.3 is 0 Å². The van der Waals surface area contributed by atoms with Crippen molar-refractivity contribution in [1.82, 2.24) is 0 Å². The largest absolute Gasteiger partial charge is 0.314 e. The maximum absolute atomic E-state index is 9.23. The van der Waals surface area contributed by atoms with E-state index in [4.69, 9.17) is 0 Å². The van der Waals surface area contributed by atoms with Crippen molar-refractivity contribution in [3.05, 3.63) is 210 Å². The van der Waals surface area contributed by atoms with Crippen molar-refractivity contribution in [1.29, 1.82) is 5.26 Å². The SMILES string of the molecule is C=CCC1=C(/C=C\C)N(c2ccc(-c3ccc(C#N)cc3)cc2)/C(=C/C=C/c2ccc3c(c2)C=Cc2ccccc2N3c2ccccc2)CC=C1. The summed E-state index contributed by atoms with van der Waals surface area (Å²) in [6.45, 7) is 6.11. The Labute approximate surface area is 301 Å².